The highest BCUT2D eigenvalue weighted by atomic mass is 16.5. The quantitative estimate of drug-likeness (QED) is 0.734. The number of methoxy groups -OCH3 is 1. The third kappa shape index (κ3) is 3.10. The molecule has 5 heteroatoms. The van der Waals surface area contributed by atoms with Crippen molar-refractivity contribution >= 4 is 16.9 Å². The van der Waals surface area contributed by atoms with Crippen LogP contribution in [0, 0.1) is 0 Å². The fourth-order valence-electron chi connectivity index (χ4n) is 3.05. The zero-order chi connectivity index (χ0) is 17.2. The standard InChI is InChI=1S/C20H19NO4/c1-23-16-5-2-14(3-6-16)15-4-7-19-17(12-15)18(22)13-20(25-19)21-8-10-24-11-9-21/h2-7,12-13H,8-11H2,1H3. The van der Waals surface area contributed by atoms with E-state index in [1.54, 1.807) is 13.2 Å². The van der Waals surface area contributed by atoms with Gasteiger partial charge in [-0.3, -0.25) is 4.79 Å². The van der Waals surface area contributed by atoms with Gasteiger partial charge < -0.3 is 18.8 Å². The zero-order valence-electron chi connectivity index (χ0n) is 14.0. The van der Waals surface area contributed by atoms with Crippen molar-refractivity contribution in [2.24, 2.45) is 0 Å². The third-order valence-electron chi connectivity index (χ3n) is 4.46. The summed E-state index contributed by atoms with van der Waals surface area (Å²) in [5.41, 5.74) is 2.57. The van der Waals surface area contributed by atoms with Crippen LogP contribution in [-0.4, -0.2) is 33.4 Å². The summed E-state index contributed by atoms with van der Waals surface area (Å²) in [4.78, 5) is 14.6. The normalized spacial score (nSPS) is 14.7. The fourth-order valence-corrected chi connectivity index (χ4v) is 3.05. The Morgan fingerprint density at radius 2 is 1.68 bits per heavy atom. The maximum atomic E-state index is 12.6. The van der Waals surface area contributed by atoms with E-state index in [-0.39, 0.29) is 5.43 Å². The molecule has 0 saturated carbocycles. The van der Waals surface area contributed by atoms with E-state index in [1.807, 2.05) is 47.4 Å². The molecule has 0 N–H and O–H groups in total. The van der Waals surface area contributed by atoms with Crippen LogP contribution in [0.4, 0.5) is 5.88 Å². The lowest BCUT2D eigenvalue weighted by Gasteiger charge is -2.27. The zero-order valence-corrected chi connectivity index (χ0v) is 14.0. The smallest absolute Gasteiger partial charge is 0.200 e. The third-order valence-corrected chi connectivity index (χ3v) is 4.46. The first-order valence-corrected chi connectivity index (χ1v) is 8.29. The first kappa shape index (κ1) is 15.7. The van der Waals surface area contributed by atoms with Crippen molar-refractivity contribution in [3.63, 3.8) is 0 Å². The van der Waals surface area contributed by atoms with Gasteiger partial charge in [0.2, 0.25) is 0 Å². The topological polar surface area (TPSA) is 51.9 Å². The molecule has 2 aromatic carbocycles. The van der Waals surface area contributed by atoms with Crippen LogP contribution in [0.1, 0.15) is 0 Å². The van der Waals surface area contributed by atoms with Gasteiger partial charge in [-0.15, -0.1) is 0 Å². The van der Waals surface area contributed by atoms with Crippen molar-refractivity contribution in [1.29, 1.82) is 0 Å². The van der Waals surface area contributed by atoms with Gasteiger partial charge >= 0.3 is 0 Å². The van der Waals surface area contributed by atoms with Gasteiger partial charge in [-0.2, -0.15) is 0 Å². The van der Waals surface area contributed by atoms with Gasteiger partial charge in [0, 0.05) is 19.2 Å². The summed E-state index contributed by atoms with van der Waals surface area (Å²) >= 11 is 0. The molecule has 4 rings (SSSR count). The second kappa shape index (κ2) is 6.61. The van der Waals surface area contributed by atoms with E-state index in [4.69, 9.17) is 13.9 Å². The number of ether oxygens (including phenoxy) is 2. The Bertz CT molecular complexity index is 940. The van der Waals surface area contributed by atoms with E-state index in [1.165, 1.54) is 0 Å². The Balaban J connectivity index is 1.73. The molecule has 0 bridgehead atoms. The number of rotatable bonds is 3. The van der Waals surface area contributed by atoms with Crippen LogP contribution in [0.25, 0.3) is 22.1 Å². The van der Waals surface area contributed by atoms with Gasteiger partial charge in [0.05, 0.1) is 25.7 Å². The van der Waals surface area contributed by atoms with Crippen LogP contribution < -0.4 is 15.1 Å². The summed E-state index contributed by atoms with van der Waals surface area (Å²) in [6, 6.07) is 15.1. The van der Waals surface area contributed by atoms with E-state index in [0.717, 1.165) is 30.0 Å². The molecule has 1 saturated heterocycles. The van der Waals surface area contributed by atoms with Crippen LogP contribution in [-0.2, 0) is 4.74 Å². The lowest BCUT2D eigenvalue weighted by molar-refractivity contribution is 0.121. The van der Waals surface area contributed by atoms with Crippen molar-refractivity contribution < 1.29 is 13.9 Å². The Labute approximate surface area is 145 Å². The molecule has 25 heavy (non-hydrogen) atoms. The van der Waals surface area contributed by atoms with Gasteiger partial charge in [-0.25, -0.2) is 0 Å². The Morgan fingerprint density at radius 3 is 2.40 bits per heavy atom. The van der Waals surface area contributed by atoms with Crippen molar-refractivity contribution in [1.82, 2.24) is 0 Å². The number of anilines is 1. The largest absolute Gasteiger partial charge is 0.497 e. The molecule has 5 nitrogen and oxygen atoms in total. The average Bonchev–Trinajstić information content (AvgIpc) is 2.68. The molecule has 0 aliphatic carbocycles. The van der Waals surface area contributed by atoms with Crippen LogP contribution in [0.2, 0.25) is 0 Å². The van der Waals surface area contributed by atoms with E-state index < -0.39 is 0 Å². The van der Waals surface area contributed by atoms with Crippen molar-refractivity contribution in [2.75, 3.05) is 38.3 Å². The Hall–Kier alpha value is -2.79. The molecule has 0 unspecified atom stereocenters. The van der Waals surface area contributed by atoms with E-state index in [0.29, 0.717) is 30.1 Å². The lowest BCUT2D eigenvalue weighted by atomic mass is 10.0. The first-order valence-electron chi connectivity index (χ1n) is 8.29. The highest BCUT2D eigenvalue weighted by Crippen LogP contribution is 2.27. The summed E-state index contributed by atoms with van der Waals surface area (Å²) in [5, 5.41) is 0.588. The van der Waals surface area contributed by atoms with E-state index >= 15 is 0 Å². The molecular formula is C20H19NO4. The first-order chi connectivity index (χ1) is 12.2. The summed E-state index contributed by atoms with van der Waals surface area (Å²) in [6.07, 6.45) is 0. The monoisotopic (exact) mass is 337 g/mol. The molecule has 2 heterocycles. The molecule has 1 aromatic heterocycles. The summed E-state index contributed by atoms with van der Waals surface area (Å²) in [5.74, 6) is 1.41. The fraction of sp³-hybridized carbons (Fsp3) is 0.250. The number of fused-ring (bicyclic) bond motifs is 1. The number of nitrogens with zero attached hydrogens (tertiary/aromatic N) is 1. The van der Waals surface area contributed by atoms with Gasteiger partial charge in [-0.1, -0.05) is 18.2 Å². The molecular weight excluding hydrogens is 318 g/mol. The second-order valence-corrected chi connectivity index (χ2v) is 5.99. The van der Waals surface area contributed by atoms with Gasteiger partial charge in [-0.05, 0) is 35.4 Å². The molecule has 128 valence electrons. The predicted molar refractivity (Wildman–Crippen MR) is 97.5 cm³/mol. The minimum Gasteiger partial charge on any atom is -0.497 e. The predicted octanol–water partition coefficient (Wildman–Crippen LogP) is 3.31. The van der Waals surface area contributed by atoms with E-state index in [2.05, 4.69) is 0 Å². The average molecular weight is 337 g/mol. The van der Waals surface area contributed by atoms with Crippen LogP contribution in [0.5, 0.6) is 5.75 Å². The van der Waals surface area contributed by atoms with Gasteiger partial charge in [0.15, 0.2) is 11.3 Å². The summed E-state index contributed by atoms with van der Waals surface area (Å²) < 4.78 is 16.5. The minimum atomic E-state index is -0.0295. The Kier molecular flexibility index (Phi) is 4.15. The highest BCUT2D eigenvalue weighted by molar-refractivity contribution is 5.83. The molecule has 1 aliphatic heterocycles. The SMILES string of the molecule is COc1ccc(-c2ccc3oc(N4CCOCC4)cc(=O)c3c2)cc1. The second-order valence-electron chi connectivity index (χ2n) is 5.99. The number of hydrogen-bond donors (Lipinski definition) is 0. The number of hydrogen-bond acceptors (Lipinski definition) is 5. The van der Waals surface area contributed by atoms with Crippen molar-refractivity contribution in [3.8, 4) is 16.9 Å². The lowest BCUT2D eigenvalue weighted by Crippen LogP contribution is -2.36. The van der Waals surface area contributed by atoms with Crippen molar-refractivity contribution in [3.05, 3.63) is 58.8 Å². The maximum Gasteiger partial charge on any atom is 0.200 e. The number of benzene rings is 2. The van der Waals surface area contributed by atoms with Crippen LogP contribution in [0.3, 0.4) is 0 Å². The molecule has 0 amide bonds. The molecule has 1 aliphatic rings. The molecule has 0 radical (unpaired) electrons. The molecule has 0 atom stereocenters. The Morgan fingerprint density at radius 1 is 0.960 bits per heavy atom. The van der Waals surface area contributed by atoms with Crippen LogP contribution in [0.15, 0.2) is 57.7 Å². The van der Waals surface area contributed by atoms with Gasteiger partial charge in [0.25, 0.3) is 0 Å². The maximum absolute atomic E-state index is 12.6. The van der Waals surface area contributed by atoms with Gasteiger partial charge in [0.1, 0.15) is 11.3 Å². The van der Waals surface area contributed by atoms with Crippen molar-refractivity contribution in [2.45, 2.75) is 0 Å². The molecule has 3 aromatic rings. The minimum absolute atomic E-state index is 0.0295. The highest BCUT2D eigenvalue weighted by Gasteiger charge is 2.15. The van der Waals surface area contributed by atoms with E-state index in [9.17, 15) is 4.79 Å². The van der Waals surface area contributed by atoms with Crippen LogP contribution >= 0.6 is 0 Å². The number of morpholine rings is 1. The molecule has 0 spiro atoms. The molecule has 1 fully saturated rings. The summed E-state index contributed by atoms with van der Waals surface area (Å²) in [7, 11) is 1.64. The summed E-state index contributed by atoms with van der Waals surface area (Å²) in [6.45, 7) is 2.77.